The molecule has 2 heterocycles. The number of hydroxylamine groups is 2. The number of fused-ring (bicyclic) bond motifs is 2. The van der Waals surface area contributed by atoms with Crippen molar-refractivity contribution in [1.29, 1.82) is 0 Å². The summed E-state index contributed by atoms with van der Waals surface area (Å²) in [5.74, 6) is 0. The van der Waals surface area contributed by atoms with Crippen molar-refractivity contribution in [2.24, 2.45) is 0 Å². The molecule has 96 valence electrons. The van der Waals surface area contributed by atoms with Gasteiger partial charge in [0.25, 0.3) is 0 Å². The SMILES string of the molecule is CC1=C[C@@H](CO)N2C[C@@H]1N(OS(=O)(=O)O)C2=O.[H+].[Na+]. The largest absolute Gasteiger partial charge is 1.00 e. The second kappa shape index (κ2) is 5.45. The maximum absolute atomic E-state index is 11.8. The van der Waals surface area contributed by atoms with Crippen LogP contribution in [0.5, 0.6) is 0 Å². The molecule has 0 saturated carbocycles. The summed E-state index contributed by atoms with van der Waals surface area (Å²) < 4.78 is 34.1. The number of aliphatic hydroxyl groups excluding tert-OH is 1. The molecule has 2 bridgehead atoms. The van der Waals surface area contributed by atoms with E-state index in [2.05, 4.69) is 4.28 Å². The smallest absolute Gasteiger partial charge is 0.394 e. The fourth-order valence-electron chi connectivity index (χ4n) is 2.05. The molecule has 8 nitrogen and oxygen atoms in total. The van der Waals surface area contributed by atoms with Crippen LogP contribution in [-0.4, -0.2) is 59.3 Å². The molecule has 0 unspecified atom stereocenters. The summed E-state index contributed by atoms with van der Waals surface area (Å²) in [4.78, 5) is 13.1. The van der Waals surface area contributed by atoms with Gasteiger partial charge in [-0.2, -0.15) is 13.5 Å². The Labute approximate surface area is 128 Å². The Morgan fingerprint density at radius 3 is 2.72 bits per heavy atom. The maximum atomic E-state index is 11.8. The number of rotatable bonds is 3. The van der Waals surface area contributed by atoms with Crippen molar-refractivity contribution >= 4 is 16.4 Å². The van der Waals surface area contributed by atoms with E-state index in [0.717, 1.165) is 0 Å². The van der Waals surface area contributed by atoms with Crippen LogP contribution in [-0.2, 0) is 14.7 Å². The van der Waals surface area contributed by atoms with Gasteiger partial charge < -0.3 is 10.0 Å². The zero-order valence-corrected chi connectivity index (χ0v) is 12.8. The molecule has 0 radical (unpaired) electrons. The van der Waals surface area contributed by atoms with Crippen LogP contribution in [0, 0.1) is 0 Å². The molecule has 0 spiro atoms. The summed E-state index contributed by atoms with van der Waals surface area (Å²) in [5.41, 5.74) is 0.704. The Balaban J connectivity index is 0.00000162. The molecule has 2 amide bonds. The van der Waals surface area contributed by atoms with E-state index in [1.165, 1.54) is 4.90 Å². The summed E-state index contributed by atoms with van der Waals surface area (Å²) in [6.07, 6.45) is 1.67. The minimum Gasteiger partial charge on any atom is -0.394 e. The van der Waals surface area contributed by atoms with Gasteiger partial charge in [0.05, 0.1) is 19.2 Å². The average Bonchev–Trinajstić information content (AvgIpc) is 2.48. The van der Waals surface area contributed by atoms with Crippen LogP contribution < -0.4 is 29.6 Å². The minimum absolute atomic E-state index is 0. The number of carbonyl (C=O) groups excluding carboxylic acids is 1. The standard InChI is InChI=1S/C8H12N2O6S.Na/c1-5-2-6(4-11)9-3-7(5)10(8(9)12)16-17(13,14)15;/h2,6-7,11H,3-4H2,1H3,(H,13,14,15);/q;+1/p+1/t6-,7-;/m0./s1. The van der Waals surface area contributed by atoms with Gasteiger partial charge in [0.15, 0.2) is 0 Å². The summed E-state index contributed by atoms with van der Waals surface area (Å²) in [6, 6.07) is -1.75. The number of carbonyl (C=O) groups is 1. The van der Waals surface area contributed by atoms with Crippen LogP contribution in [0.4, 0.5) is 4.79 Å². The summed E-state index contributed by atoms with van der Waals surface area (Å²) in [6.45, 7) is 1.67. The Bertz CT molecular complexity index is 484. The Morgan fingerprint density at radius 2 is 2.22 bits per heavy atom. The zero-order chi connectivity index (χ0) is 12.8. The van der Waals surface area contributed by atoms with Crippen LogP contribution in [0.15, 0.2) is 11.6 Å². The number of urea groups is 1. The van der Waals surface area contributed by atoms with E-state index in [1.54, 1.807) is 13.0 Å². The van der Waals surface area contributed by atoms with Gasteiger partial charge in [-0.3, -0.25) is 4.55 Å². The molecular weight excluding hydrogens is 275 g/mol. The quantitative estimate of drug-likeness (QED) is 0.314. The third-order valence-corrected chi connectivity index (χ3v) is 3.18. The molecule has 2 atom stereocenters. The predicted molar refractivity (Wildman–Crippen MR) is 56.1 cm³/mol. The molecule has 2 rings (SSSR count). The Hall–Kier alpha value is -0.160. The van der Waals surface area contributed by atoms with E-state index < -0.39 is 28.5 Å². The zero-order valence-electron chi connectivity index (χ0n) is 11.0. The minimum atomic E-state index is -4.74. The molecule has 0 aromatic carbocycles. The van der Waals surface area contributed by atoms with Crippen molar-refractivity contribution in [2.45, 2.75) is 19.0 Å². The van der Waals surface area contributed by atoms with Gasteiger partial charge in [0.2, 0.25) is 0 Å². The molecule has 18 heavy (non-hydrogen) atoms. The van der Waals surface area contributed by atoms with Gasteiger partial charge in [-0.1, -0.05) is 6.08 Å². The molecule has 2 N–H and O–H groups in total. The van der Waals surface area contributed by atoms with Gasteiger partial charge in [0, 0.05) is 0 Å². The second-order valence-electron chi connectivity index (χ2n) is 3.94. The fourth-order valence-corrected chi connectivity index (χ4v) is 2.42. The van der Waals surface area contributed by atoms with E-state index in [0.29, 0.717) is 10.6 Å². The fraction of sp³-hybridized carbons (Fsp3) is 0.625. The first kappa shape index (κ1) is 15.9. The number of hydrogen-bond acceptors (Lipinski definition) is 5. The van der Waals surface area contributed by atoms with Crippen LogP contribution in [0.2, 0.25) is 0 Å². The summed E-state index contributed by atoms with van der Waals surface area (Å²) >= 11 is 0. The number of amides is 2. The summed E-state index contributed by atoms with van der Waals surface area (Å²) in [5, 5.41) is 9.71. The first-order chi connectivity index (χ1) is 7.83. The molecule has 0 aromatic rings. The molecule has 10 heteroatoms. The third kappa shape index (κ3) is 2.87. The molecular formula is C8H13N2NaO6S+2. The van der Waals surface area contributed by atoms with Crippen molar-refractivity contribution in [1.82, 2.24) is 9.96 Å². The van der Waals surface area contributed by atoms with E-state index in [9.17, 15) is 13.2 Å². The summed E-state index contributed by atoms with van der Waals surface area (Å²) in [7, 11) is -4.74. The van der Waals surface area contributed by atoms with Crippen LogP contribution in [0.1, 0.15) is 8.35 Å². The number of aliphatic hydroxyl groups is 1. The third-order valence-electron chi connectivity index (χ3n) is 2.83. The molecule has 1 fully saturated rings. The normalized spacial score (nSPS) is 27.1. The van der Waals surface area contributed by atoms with Gasteiger partial charge in [-0.15, -0.1) is 4.28 Å². The maximum Gasteiger partial charge on any atom is 1.00 e. The van der Waals surface area contributed by atoms with E-state index in [4.69, 9.17) is 9.66 Å². The topological polar surface area (TPSA) is 107 Å². The predicted octanol–water partition coefficient (Wildman–Crippen LogP) is -3.74. The Morgan fingerprint density at radius 1 is 1.61 bits per heavy atom. The van der Waals surface area contributed by atoms with Crippen LogP contribution in [0.3, 0.4) is 0 Å². The van der Waals surface area contributed by atoms with Crippen molar-refractivity contribution in [2.75, 3.05) is 13.2 Å². The van der Waals surface area contributed by atoms with Gasteiger partial charge in [0.1, 0.15) is 6.04 Å². The van der Waals surface area contributed by atoms with E-state index in [1.807, 2.05) is 0 Å². The monoisotopic (exact) mass is 288 g/mol. The second-order valence-corrected chi connectivity index (χ2v) is 4.94. The molecule has 0 aliphatic carbocycles. The van der Waals surface area contributed by atoms with Crippen LogP contribution >= 0.6 is 0 Å². The first-order valence-corrected chi connectivity index (χ1v) is 6.26. The van der Waals surface area contributed by atoms with Crippen molar-refractivity contribution in [3.05, 3.63) is 11.6 Å². The molecule has 2 aliphatic heterocycles. The van der Waals surface area contributed by atoms with Gasteiger partial charge in [-0.25, -0.2) is 4.79 Å². The van der Waals surface area contributed by atoms with Crippen molar-refractivity contribution in [3.63, 3.8) is 0 Å². The van der Waals surface area contributed by atoms with E-state index in [-0.39, 0.29) is 44.1 Å². The number of nitrogens with zero attached hydrogens (tertiary/aromatic N) is 2. The molecule has 0 aromatic heterocycles. The van der Waals surface area contributed by atoms with Crippen LogP contribution in [0.25, 0.3) is 0 Å². The van der Waals surface area contributed by atoms with Crippen molar-refractivity contribution in [3.8, 4) is 0 Å². The van der Waals surface area contributed by atoms with Gasteiger partial charge >= 0.3 is 47.4 Å². The van der Waals surface area contributed by atoms with Crippen molar-refractivity contribution < 1.29 is 58.1 Å². The van der Waals surface area contributed by atoms with E-state index >= 15 is 0 Å². The first-order valence-electron chi connectivity index (χ1n) is 4.89. The average molecular weight is 288 g/mol. The van der Waals surface area contributed by atoms with Gasteiger partial charge in [-0.05, 0) is 12.5 Å². The molecule has 1 saturated heterocycles. The Kier molecular flexibility index (Phi) is 4.81. The molecule has 2 aliphatic rings. The number of hydrogen-bond donors (Lipinski definition) is 2.